The van der Waals surface area contributed by atoms with Crippen molar-refractivity contribution >= 4 is 0 Å². The Morgan fingerprint density at radius 2 is 1.50 bits per heavy atom. The van der Waals surface area contributed by atoms with E-state index in [1.54, 1.807) is 0 Å². The van der Waals surface area contributed by atoms with Crippen LogP contribution in [0.3, 0.4) is 0 Å². The lowest BCUT2D eigenvalue weighted by molar-refractivity contribution is -0.113. The summed E-state index contributed by atoms with van der Waals surface area (Å²) in [6.07, 6.45) is -1.69. The van der Waals surface area contributed by atoms with Crippen molar-refractivity contribution in [1.29, 1.82) is 0 Å². The molecule has 6 nitrogen and oxygen atoms in total. The highest BCUT2D eigenvalue weighted by atomic mass is 16.4. The van der Waals surface area contributed by atoms with Crippen LogP contribution < -0.4 is 5.32 Å². The maximum Gasteiger partial charge on any atom is 0.111 e. The molecule has 0 aromatic carbocycles. The minimum atomic E-state index is -1.56. The molecule has 0 saturated heterocycles. The predicted molar refractivity (Wildman–Crippen MR) is 67.8 cm³/mol. The first kappa shape index (κ1) is 17.8. The molecule has 0 aromatic rings. The molecule has 0 bridgehead atoms. The van der Waals surface area contributed by atoms with Crippen molar-refractivity contribution in [3.8, 4) is 0 Å². The third-order valence-corrected chi connectivity index (χ3v) is 2.78. The summed E-state index contributed by atoms with van der Waals surface area (Å²) in [6.45, 7) is 3.91. The van der Waals surface area contributed by atoms with Crippen LogP contribution in [0.2, 0.25) is 0 Å². The zero-order valence-electron chi connectivity index (χ0n) is 10.7. The molecule has 0 spiro atoms. The Labute approximate surface area is 108 Å². The molecular weight excluding hydrogens is 238 g/mol. The molecular formula is C12H26NO5. The smallest absolute Gasteiger partial charge is 0.111 e. The van der Waals surface area contributed by atoms with Gasteiger partial charge in [-0.1, -0.05) is 26.2 Å². The van der Waals surface area contributed by atoms with E-state index in [2.05, 4.69) is 12.2 Å². The quantitative estimate of drug-likeness (QED) is 0.251. The van der Waals surface area contributed by atoms with E-state index in [1.165, 1.54) is 0 Å². The second-order valence-corrected chi connectivity index (χ2v) is 4.42. The van der Waals surface area contributed by atoms with E-state index in [1.807, 2.05) is 0 Å². The first-order valence-electron chi connectivity index (χ1n) is 6.37. The molecule has 0 unspecified atom stereocenters. The maximum atomic E-state index is 9.56. The Morgan fingerprint density at radius 3 is 2.06 bits per heavy atom. The van der Waals surface area contributed by atoms with Crippen molar-refractivity contribution in [3.63, 3.8) is 0 Å². The zero-order chi connectivity index (χ0) is 14.0. The topological polar surface area (TPSA) is 113 Å². The molecule has 6 N–H and O–H groups in total. The summed E-state index contributed by atoms with van der Waals surface area (Å²) < 4.78 is 0. The molecule has 0 heterocycles. The van der Waals surface area contributed by atoms with Crippen LogP contribution in [0.5, 0.6) is 0 Å². The molecule has 0 aliphatic carbocycles. The third kappa shape index (κ3) is 7.25. The van der Waals surface area contributed by atoms with Crippen LogP contribution in [-0.4, -0.2) is 69.6 Å². The van der Waals surface area contributed by atoms with Crippen molar-refractivity contribution in [2.75, 3.05) is 19.7 Å². The van der Waals surface area contributed by atoms with Gasteiger partial charge in [0.25, 0.3) is 0 Å². The number of aliphatic hydroxyl groups excluding tert-OH is 5. The van der Waals surface area contributed by atoms with Crippen molar-refractivity contribution < 1.29 is 25.5 Å². The molecule has 0 aliphatic rings. The van der Waals surface area contributed by atoms with Gasteiger partial charge in [0.05, 0.1) is 12.7 Å². The average Bonchev–Trinajstić information content (AvgIpc) is 2.39. The second-order valence-electron chi connectivity index (χ2n) is 4.42. The molecule has 6 heteroatoms. The highest BCUT2D eigenvalue weighted by Crippen LogP contribution is 2.04. The highest BCUT2D eigenvalue weighted by molar-refractivity contribution is 4.81. The van der Waals surface area contributed by atoms with Gasteiger partial charge in [-0.15, -0.1) is 0 Å². The summed E-state index contributed by atoms with van der Waals surface area (Å²) >= 11 is 0. The van der Waals surface area contributed by atoms with E-state index in [9.17, 15) is 15.3 Å². The largest absolute Gasteiger partial charge is 0.394 e. The summed E-state index contributed by atoms with van der Waals surface area (Å²) in [7, 11) is 0. The van der Waals surface area contributed by atoms with Gasteiger partial charge in [0.1, 0.15) is 18.3 Å². The van der Waals surface area contributed by atoms with Gasteiger partial charge in [0, 0.05) is 6.54 Å². The number of aliphatic hydroxyl groups is 5. The monoisotopic (exact) mass is 264 g/mol. The lowest BCUT2D eigenvalue weighted by Gasteiger charge is -2.25. The van der Waals surface area contributed by atoms with E-state index in [-0.39, 0.29) is 6.54 Å². The Hall–Kier alpha value is -0.240. The van der Waals surface area contributed by atoms with Gasteiger partial charge in [-0.2, -0.15) is 0 Å². The maximum absolute atomic E-state index is 9.56. The molecule has 4 atom stereocenters. The number of hydrogen-bond acceptors (Lipinski definition) is 6. The van der Waals surface area contributed by atoms with E-state index < -0.39 is 31.0 Å². The molecule has 0 saturated carbocycles. The summed E-state index contributed by atoms with van der Waals surface area (Å²) in [5.74, 6) is 0. The predicted octanol–water partition coefficient (Wildman–Crippen LogP) is -1.59. The standard InChI is InChI=1S/C12H26NO5/c1-2-3-4-5-6-13-7-9(15)11(17)12(18)10(16)8-14/h9-18H,1-8H2/t9-,10+,11+,12+/m0/s1. The van der Waals surface area contributed by atoms with Crippen LogP contribution in [0.25, 0.3) is 0 Å². The Bertz CT molecular complexity index is 193. The Kier molecular flexibility index (Phi) is 10.5. The zero-order valence-corrected chi connectivity index (χ0v) is 10.7. The average molecular weight is 264 g/mol. The fraction of sp³-hybridized carbons (Fsp3) is 0.917. The molecule has 0 amide bonds. The lowest BCUT2D eigenvalue weighted by Crippen LogP contribution is -2.49. The summed E-state index contributed by atoms with van der Waals surface area (Å²) in [6, 6.07) is 0. The Balaban J connectivity index is 3.70. The second kappa shape index (κ2) is 10.7. The van der Waals surface area contributed by atoms with Gasteiger partial charge in [0.2, 0.25) is 0 Å². The molecule has 0 rings (SSSR count). The minimum absolute atomic E-state index is 0.126. The van der Waals surface area contributed by atoms with Crippen LogP contribution in [-0.2, 0) is 0 Å². The van der Waals surface area contributed by atoms with Gasteiger partial charge < -0.3 is 30.8 Å². The minimum Gasteiger partial charge on any atom is -0.394 e. The molecule has 0 fully saturated rings. The van der Waals surface area contributed by atoms with Crippen LogP contribution in [0, 0.1) is 6.92 Å². The fourth-order valence-corrected chi connectivity index (χ4v) is 1.54. The van der Waals surface area contributed by atoms with E-state index in [0.717, 1.165) is 25.7 Å². The normalized spacial score (nSPS) is 18.3. The van der Waals surface area contributed by atoms with Gasteiger partial charge in [-0.05, 0) is 13.0 Å². The summed E-state index contributed by atoms with van der Waals surface area (Å²) in [4.78, 5) is 0. The highest BCUT2D eigenvalue weighted by Gasteiger charge is 2.29. The molecule has 1 radical (unpaired) electrons. The van der Waals surface area contributed by atoms with Crippen molar-refractivity contribution in [2.45, 2.75) is 50.1 Å². The van der Waals surface area contributed by atoms with Crippen molar-refractivity contribution in [2.24, 2.45) is 0 Å². The van der Waals surface area contributed by atoms with Crippen LogP contribution in [0.1, 0.15) is 25.7 Å². The lowest BCUT2D eigenvalue weighted by atomic mass is 10.0. The van der Waals surface area contributed by atoms with E-state index in [4.69, 9.17) is 10.2 Å². The first-order valence-corrected chi connectivity index (χ1v) is 6.37. The van der Waals surface area contributed by atoms with Crippen molar-refractivity contribution in [3.05, 3.63) is 6.92 Å². The van der Waals surface area contributed by atoms with Gasteiger partial charge >= 0.3 is 0 Å². The molecule has 0 aliphatic heterocycles. The van der Waals surface area contributed by atoms with Crippen LogP contribution in [0.15, 0.2) is 0 Å². The van der Waals surface area contributed by atoms with Crippen LogP contribution in [0.4, 0.5) is 0 Å². The number of nitrogens with one attached hydrogen (secondary N) is 1. The molecule has 0 aromatic heterocycles. The number of unbranched alkanes of at least 4 members (excludes halogenated alkanes) is 3. The SMILES string of the molecule is [CH2]CCCCCNC[C@H](O)[C@@H](O)[C@H](O)[C@H](O)CO. The van der Waals surface area contributed by atoms with Gasteiger partial charge in [-0.3, -0.25) is 0 Å². The van der Waals surface area contributed by atoms with Crippen LogP contribution >= 0.6 is 0 Å². The van der Waals surface area contributed by atoms with E-state index in [0.29, 0.717) is 6.54 Å². The summed E-state index contributed by atoms with van der Waals surface area (Å²) in [5, 5.41) is 49.1. The number of hydrogen-bond donors (Lipinski definition) is 6. The number of rotatable bonds is 11. The summed E-state index contributed by atoms with van der Waals surface area (Å²) in [5.41, 5.74) is 0. The fourth-order valence-electron chi connectivity index (χ4n) is 1.54. The van der Waals surface area contributed by atoms with Gasteiger partial charge in [-0.25, -0.2) is 0 Å². The third-order valence-electron chi connectivity index (χ3n) is 2.78. The first-order chi connectivity index (χ1) is 8.54. The Morgan fingerprint density at radius 1 is 0.889 bits per heavy atom. The molecule has 109 valence electrons. The molecule has 18 heavy (non-hydrogen) atoms. The van der Waals surface area contributed by atoms with Gasteiger partial charge in [0.15, 0.2) is 0 Å². The van der Waals surface area contributed by atoms with E-state index >= 15 is 0 Å². The van der Waals surface area contributed by atoms with Crippen molar-refractivity contribution in [1.82, 2.24) is 5.32 Å².